The lowest BCUT2D eigenvalue weighted by atomic mass is 9.94. The highest BCUT2D eigenvalue weighted by molar-refractivity contribution is 7.85. The monoisotopic (exact) mass is 920 g/mol. The lowest BCUT2D eigenvalue weighted by Gasteiger charge is -2.50. The van der Waals surface area contributed by atoms with E-state index in [0.29, 0.717) is 0 Å². The molecule has 3 fully saturated rings. The van der Waals surface area contributed by atoms with Crippen LogP contribution in [0.5, 0.6) is 0 Å². The number of hydrogen-bond acceptors (Lipinski definition) is 23. The molecule has 15 atom stereocenters. The lowest BCUT2D eigenvalue weighted by molar-refractivity contribution is -0.376. The minimum Gasteiger partial charge on any atom is -0.479 e. The fourth-order valence-corrected chi connectivity index (χ4v) is 8.21. The number of methoxy groups -OCH3 is 6. The van der Waals surface area contributed by atoms with Crippen LogP contribution in [0.3, 0.4) is 0 Å². The summed E-state index contributed by atoms with van der Waals surface area (Å²) < 4.78 is 207. The average molecular weight is 921 g/mol. The fourth-order valence-electron chi connectivity index (χ4n) is 6.39. The first kappa shape index (κ1) is 49.9. The maximum atomic E-state index is 12.8. The van der Waals surface area contributed by atoms with Crippen molar-refractivity contribution >= 4 is 47.3 Å². The Kier molecular flexibility index (Phi) is 17.9. The van der Waals surface area contributed by atoms with Crippen LogP contribution in [-0.4, -0.2) is 210 Å². The van der Waals surface area contributed by atoms with Crippen LogP contribution in [0.4, 0.5) is 0 Å². The Labute approximate surface area is 326 Å². The van der Waals surface area contributed by atoms with Crippen molar-refractivity contribution in [3.05, 3.63) is 0 Å². The van der Waals surface area contributed by atoms with Crippen molar-refractivity contribution in [3.8, 4) is 0 Å². The van der Waals surface area contributed by atoms with Crippen LogP contribution >= 0.6 is 0 Å². The molecule has 3 saturated heterocycles. The second-order valence-corrected chi connectivity index (χ2v) is 16.8. The van der Waals surface area contributed by atoms with Gasteiger partial charge in [0.1, 0.15) is 54.9 Å². The third-order valence-electron chi connectivity index (χ3n) is 8.60. The highest BCUT2D eigenvalue weighted by Crippen LogP contribution is 2.38. The Morgan fingerprint density at radius 3 is 1.40 bits per heavy atom. The maximum absolute atomic E-state index is 12.8. The molecular formula is C25H44O28S4. The van der Waals surface area contributed by atoms with Crippen molar-refractivity contribution in [2.24, 2.45) is 0 Å². The number of ether oxygens (including phenoxy) is 11. The Hall–Kier alpha value is -1.45. The molecular weight excluding hydrogens is 877 g/mol. The number of carbonyl (C=O) groups is 1. The van der Waals surface area contributed by atoms with Gasteiger partial charge in [-0.25, -0.2) is 17.3 Å². The molecule has 336 valence electrons. The SMILES string of the molecule is CO[C@H]1O[C@H](CCS(=O)(=O)O)[C@@H](O[C@@H]2O[C@H](C(=O)O)[C@@H](O[C@H]3O[C@H](COS(=O)(=O)O)[C@@H](OC)[C@H](OC)[C@H]3OC)[C@H](OC)[C@H]2OC)[C@H](OS(=O)(=O)O)[C@H]1OS(=O)(=O)O. The third-order valence-corrected chi connectivity index (χ3v) is 10.7. The predicted molar refractivity (Wildman–Crippen MR) is 176 cm³/mol. The van der Waals surface area contributed by atoms with Crippen LogP contribution in [0.2, 0.25) is 0 Å². The molecule has 0 spiro atoms. The molecule has 3 rings (SSSR count). The molecule has 28 nitrogen and oxygen atoms in total. The van der Waals surface area contributed by atoms with Crippen LogP contribution in [0.25, 0.3) is 0 Å². The van der Waals surface area contributed by atoms with Crippen molar-refractivity contribution in [2.45, 2.75) is 98.5 Å². The van der Waals surface area contributed by atoms with Gasteiger partial charge in [0, 0.05) is 42.7 Å². The van der Waals surface area contributed by atoms with Gasteiger partial charge >= 0.3 is 37.2 Å². The van der Waals surface area contributed by atoms with E-state index in [0.717, 1.165) is 21.3 Å². The van der Waals surface area contributed by atoms with E-state index in [9.17, 15) is 57.2 Å². The zero-order valence-corrected chi connectivity index (χ0v) is 33.8. The van der Waals surface area contributed by atoms with Gasteiger partial charge in [0.25, 0.3) is 10.1 Å². The molecule has 0 aromatic heterocycles. The summed E-state index contributed by atoms with van der Waals surface area (Å²) in [6, 6.07) is 0. The van der Waals surface area contributed by atoms with E-state index in [-0.39, 0.29) is 0 Å². The van der Waals surface area contributed by atoms with Gasteiger partial charge in [-0.15, -0.1) is 0 Å². The molecule has 0 unspecified atom stereocenters. The Morgan fingerprint density at radius 1 is 0.509 bits per heavy atom. The molecule has 0 bridgehead atoms. The van der Waals surface area contributed by atoms with Crippen molar-refractivity contribution < 1.29 is 126 Å². The quantitative estimate of drug-likeness (QED) is 0.0690. The minimum atomic E-state index is -5.63. The topological polar surface area (TPSA) is 384 Å². The van der Waals surface area contributed by atoms with Gasteiger partial charge in [-0.05, 0) is 6.42 Å². The van der Waals surface area contributed by atoms with Gasteiger partial charge in [-0.2, -0.15) is 33.7 Å². The maximum Gasteiger partial charge on any atom is 0.397 e. The third kappa shape index (κ3) is 13.8. The molecule has 0 aromatic carbocycles. The smallest absolute Gasteiger partial charge is 0.397 e. The van der Waals surface area contributed by atoms with E-state index in [1.807, 2.05) is 0 Å². The van der Waals surface area contributed by atoms with Gasteiger partial charge in [0.2, 0.25) is 0 Å². The summed E-state index contributed by atoms with van der Waals surface area (Å²) in [4.78, 5) is 12.8. The summed E-state index contributed by atoms with van der Waals surface area (Å²) >= 11 is 0. The van der Waals surface area contributed by atoms with Crippen molar-refractivity contribution in [1.82, 2.24) is 0 Å². The van der Waals surface area contributed by atoms with Gasteiger partial charge < -0.3 is 57.2 Å². The van der Waals surface area contributed by atoms with E-state index in [1.54, 1.807) is 0 Å². The van der Waals surface area contributed by atoms with Gasteiger partial charge in [-0.3, -0.25) is 18.2 Å². The summed E-state index contributed by atoms with van der Waals surface area (Å²) in [5, 5.41) is 10.4. The highest BCUT2D eigenvalue weighted by atomic mass is 32.3. The van der Waals surface area contributed by atoms with Gasteiger partial charge in [0.15, 0.2) is 31.1 Å². The molecule has 3 heterocycles. The average Bonchev–Trinajstić information content (AvgIpc) is 3.09. The van der Waals surface area contributed by atoms with E-state index < -0.39 is 158 Å². The van der Waals surface area contributed by atoms with Gasteiger partial charge in [0.05, 0.1) is 18.5 Å². The first-order valence-corrected chi connectivity index (χ1v) is 21.6. The summed E-state index contributed by atoms with van der Waals surface area (Å²) in [7, 11) is -14.4. The van der Waals surface area contributed by atoms with Crippen molar-refractivity contribution in [1.29, 1.82) is 0 Å². The van der Waals surface area contributed by atoms with Crippen LogP contribution < -0.4 is 0 Å². The lowest BCUT2D eigenvalue weighted by Crippen LogP contribution is -2.68. The molecule has 0 saturated carbocycles. The minimum absolute atomic E-state index is 0.817. The standard InChI is InChI=1S/C25H44O28S4/c1-40-12-11(9-46-55(31,32)33)48-24(19(43-4)14(12)41-2)50-16-15(42-3)20(44-5)25(51-18(16)22(26)27)49-13-10(7-8-54(28,29)30)47-23(45-6)21(53-57(37,38)39)17(13)52-56(34,35)36/h10-21,23-25H,7-9H2,1-6H3,(H,26,27)(H,28,29,30)(H,31,32,33)(H,34,35,36)(H,37,38,39)/t10-,11-,12-,13-,14+,15+,16+,17+,18+,19-,20-,21-,23+,24-,25-/m1/s1. The molecule has 0 aromatic rings. The second kappa shape index (κ2) is 20.4. The summed E-state index contributed by atoms with van der Waals surface area (Å²) in [6.07, 6.45) is -27.8. The zero-order valence-electron chi connectivity index (χ0n) is 30.5. The van der Waals surface area contributed by atoms with E-state index in [2.05, 4.69) is 12.5 Å². The van der Waals surface area contributed by atoms with Crippen LogP contribution in [0.15, 0.2) is 0 Å². The molecule has 5 N–H and O–H groups in total. The number of hydrogen-bond donors (Lipinski definition) is 5. The molecule has 3 aliphatic rings. The van der Waals surface area contributed by atoms with Gasteiger partial charge in [-0.1, -0.05) is 0 Å². The number of rotatable bonds is 21. The van der Waals surface area contributed by atoms with E-state index >= 15 is 0 Å². The molecule has 32 heteroatoms. The fraction of sp³-hybridized carbons (Fsp3) is 0.960. The zero-order chi connectivity index (χ0) is 43.3. The van der Waals surface area contributed by atoms with E-state index in [4.69, 9.17) is 56.7 Å². The Balaban J connectivity index is 2.10. The number of aliphatic carboxylic acids is 1. The highest BCUT2D eigenvalue weighted by Gasteiger charge is 2.58. The second-order valence-electron chi connectivity index (χ2n) is 12.1. The van der Waals surface area contributed by atoms with Crippen molar-refractivity contribution in [3.63, 3.8) is 0 Å². The normalized spacial score (nSPS) is 37.2. The summed E-state index contributed by atoms with van der Waals surface area (Å²) in [5.41, 5.74) is 0. The first-order chi connectivity index (χ1) is 26.3. The largest absolute Gasteiger partial charge is 0.479 e. The predicted octanol–water partition coefficient (Wildman–Crippen LogP) is -3.79. The summed E-state index contributed by atoms with van der Waals surface area (Å²) in [5.74, 6) is -2.92. The van der Waals surface area contributed by atoms with Crippen molar-refractivity contribution in [2.75, 3.05) is 55.0 Å². The van der Waals surface area contributed by atoms with Crippen LogP contribution in [-0.2, 0) is 111 Å². The van der Waals surface area contributed by atoms with E-state index in [1.165, 1.54) is 21.3 Å². The van der Waals surface area contributed by atoms with Crippen LogP contribution in [0, 0.1) is 0 Å². The molecule has 0 amide bonds. The molecule has 57 heavy (non-hydrogen) atoms. The Morgan fingerprint density at radius 2 is 0.965 bits per heavy atom. The molecule has 3 aliphatic heterocycles. The molecule has 0 radical (unpaired) electrons. The first-order valence-electron chi connectivity index (χ1n) is 15.9. The number of carboxylic acids is 1. The molecule has 0 aliphatic carbocycles. The number of carboxylic acid groups (broad SMARTS) is 1. The van der Waals surface area contributed by atoms with Crippen LogP contribution in [0.1, 0.15) is 6.42 Å². The Bertz CT molecular complexity index is 1760. The summed E-state index contributed by atoms with van der Waals surface area (Å²) in [6.45, 7) is -0.872.